The number of methoxy groups -OCH3 is 2. The number of carbonyl (C=O) groups excluding carboxylic acids is 2. The molecule has 170 valence electrons. The molecule has 3 rings (SSSR count). The molecule has 1 aliphatic rings. The van der Waals surface area contributed by atoms with Crippen molar-refractivity contribution < 1.29 is 28.5 Å². The lowest BCUT2D eigenvalue weighted by molar-refractivity contribution is -0.148. The highest BCUT2D eigenvalue weighted by atomic mass is 16.5. The number of carbonyl (C=O) groups is 2. The van der Waals surface area contributed by atoms with Gasteiger partial charge in [-0.2, -0.15) is 0 Å². The highest BCUT2D eigenvalue weighted by Crippen LogP contribution is 2.25. The van der Waals surface area contributed by atoms with Gasteiger partial charge in [-0.3, -0.25) is 4.79 Å². The minimum absolute atomic E-state index is 0.412. The molecule has 1 fully saturated rings. The van der Waals surface area contributed by atoms with Crippen LogP contribution in [0.5, 0.6) is 11.5 Å². The number of nitrogens with one attached hydrogen (secondary N) is 1. The molecule has 0 aromatic heterocycles. The second kappa shape index (κ2) is 11.2. The maximum atomic E-state index is 12.4. The molecule has 8 heteroatoms. The lowest BCUT2D eigenvalue weighted by Gasteiger charge is -2.28. The third-order valence-corrected chi connectivity index (χ3v) is 5.01. The second-order valence-corrected chi connectivity index (χ2v) is 7.16. The van der Waals surface area contributed by atoms with Crippen molar-refractivity contribution >= 4 is 29.3 Å². The van der Waals surface area contributed by atoms with Crippen LogP contribution in [0.2, 0.25) is 0 Å². The zero-order valence-corrected chi connectivity index (χ0v) is 18.5. The van der Waals surface area contributed by atoms with Crippen molar-refractivity contribution in [3.05, 3.63) is 54.1 Å². The van der Waals surface area contributed by atoms with Crippen LogP contribution in [0.3, 0.4) is 0 Å². The van der Waals surface area contributed by atoms with Crippen LogP contribution in [0, 0.1) is 0 Å². The van der Waals surface area contributed by atoms with Gasteiger partial charge in [-0.15, -0.1) is 0 Å². The Hall–Kier alpha value is -3.52. The molecule has 1 aliphatic heterocycles. The van der Waals surface area contributed by atoms with Crippen LogP contribution in [0.1, 0.15) is 12.5 Å². The van der Waals surface area contributed by atoms with Crippen LogP contribution in [0.15, 0.2) is 48.5 Å². The summed E-state index contributed by atoms with van der Waals surface area (Å²) in [4.78, 5) is 26.8. The fraction of sp³-hybridized carbons (Fsp3) is 0.333. The van der Waals surface area contributed by atoms with Gasteiger partial charge in [0.1, 0.15) is 11.5 Å². The summed E-state index contributed by atoms with van der Waals surface area (Å²) in [6.07, 6.45) is 1.84. The average Bonchev–Trinajstić information content (AvgIpc) is 2.83. The van der Waals surface area contributed by atoms with Gasteiger partial charge in [-0.1, -0.05) is 0 Å². The number of amides is 1. The molecule has 2 aromatic rings. The van der Waals surface area contributed by atoms with E-state index in [1.165, 1.54) is 20.1 Å². The predicted molar refractivity (Wildman–Crippen MR) is 122 cm³/mol. The summed E-state index contributed by atoms with van der Waals surface area (Å²) < 4.78 is 21.1. The van der Waals surface area contributed by atoms with Crippen molar-refractivity contribution in [3.63, 3.8) is 0 Å². The molecule has 0 radical (unpaired) electrons. The number of hydrogen-bond donors (Lipinski definition) is 1. The number of hydrogen-bond acceptors (Lipinski definition) is 7. The number of anilines is 2. The summed E-state index contributed by atoms with van der Waals surface area (Å²) in [6, 6.07) is 12.8. The van der Waals surface area contributed by atoms with Crippen LogP contribution < -0.4 is 19.7 Å². The van der Waals surface area contributed by atoms with Gasteiger partial charge in [0.2, 0.25) is 0 Å². The van der Waals surface area contributed by atoms with E-state index in [2.05, 4.69) is 10.2 Å². The number of ether oxygens (including phenoxy) is 4. The molecular weight excluding hydrogens is 412 g/mol. The third kappa shape index (κ3) is 6.24. The van der Waals surface area contributed by atoms with Gasteiger partial charge < -0.3 is 29.2 Å². The number of benzene rings is 2. The van der Waals surface area contributed by atoms with E-state index in [1.54, 1.807) is 31.4 Å². The highest BCUT2D eigenvalue weighted by molar-refractivity contribution is 5.96. The van der Waals surface area contributed by atoms with E-state index in [-0.39, 0.29) is 0 Å². The Balaban J connectivity index is 1.53. The molecule has 1 saturated heterocycles. The molecule has 0 bridgehead atoms. The lowest BCUT2D eigenvalue weighted by atomic mass is 10.1. The topological polar surface area (TPSA) is 86.3 Å². The van der Waals surface area contributed by atoms with Gasteiger partial charge in [-0.25, -0.2) is 4.79 Å². The van der Waals surface area contributed by atoms with Crippen molar-refractivity contribution in [3.8, 4) is 11.5 Å². The number of morpholine rings is 1. The summed E-state index contributed by atoms with van der Waals surface area (Å²) in [5, 5.41) is 2.76. The smallest absolute Gasteiger partial charge is 0.331 e. The Morgan fingerprint density at radius 3 is 2.44 bits per heavy atom. The maximum Gasteiger partial charge on any atom is 0.331 e. The highest BCUT2D eigenvalue weighted by Gasteiger charge is 2.17. The summed E-state index contributed by atoms with van der Waals surface area (Å²) in [5.74, 6) is 0.164. The number of rotatable bonds is 8. The molecule has 2 aromatic carbocycles. The van der Waals surface area contributed by atoms with Crippen molar-refractivity contribution in [2.24, 2.45) is 0 Å². The first-order valence-corrected chi connectivity index (χ1v) is 10.3. The molecule has 8 nitrogen and oxygen atoms in total. The molecular formula is C24H28N2O6. The quantitative estimate of drug-likeness (QED) is 0.499. The number of nitrogens with zero attached hydrogens (tertiary/aromatic N) is 1. The van der Waals surface area contributed by atoms with Crippen molar-refractivity contribution in [1.29, 1.82) is 0 Å². The Kier molecular flexibility index (Phi) is 8.10. The van der Waals surface area contributed by atoms with Gasteiger partial charge in [0.15, 0.2) is 6.10 Å². The van der Waals surface area contributed by atoms with E-state index >= 15 is 0 Å². The zero-order valence-electron chi connectivity index (χ0n) is 18.5. The zero-order chi connectivity index (χ0) is 22.9. The molecule has 0 spiro atoms. The summed E-state index contributed by atoms with van der Waals surface area (Å²) in [7, 11) is 3.09. The largest absolute Gasteiger partial charge is 0.497 e. The van der Waals surface area contributed by atoms with Crippen LogP contribution in [-0.2, 0) is 19.1 Å². The minimum atomic E-state index is -0.960. The van der Waals surface area contributed by atoms with Crippen LogP contribution in [-0.4, -0.2) is 58.5 Å². The number of esters is 1. The molecule has 1 amide bonds. The summed E-state index contributed by atoms with van der Waals surface area (Å²) in [5.41, 5.74) is 2.36. The first kappa shape index (κ1) is 23.1. The lowest BCUT2D eigenvalue weighted by Crippen LogP contribution is -2.36. The third-order valence-electron chi connectivity index (χ3n) is 5.01. The molecule has 1 heterocycles. The Labute approximate surface area is 187 Å². The maximum absolute atomic E-state index is 12.4. The Bertz CT molecular complexity index is 951. The van der Waals surface area contributed by atoms with E-state index in [4.69, 9.17) is 18.9 Å². The molecule has 1 atom stereocenters. The van der Waals surface area contributed by atoms with E-state index in [0.29, 0.717) is 36.0 Å². The molecule has 0 saturated carbocycles. The minimum Gasteiger partial charge on any atom is -0.497 e. The molecule has 1 unspecified atom stereocenters. The van der Waals surface area contributed by atoms with E-state index in [0.717, 1.165) is 18.8 Å². The normalized spacial score (nSPS) is 14.7. The van der Waals surface area contributed by atoms with Gasteiger partial charge in [0, 0.05) is 36.1 Å². The SMILES string of the molecule is COc1ccc(OC)c(/C=C/C(=O)OC(C)C(=O)Nc2ccc(N3CCOCC3)cc2)c1. The molecule has 32 heavy (non-hydrogen) atoms. The van der Waals surface area contributed by atoms with Crippen molar-refractivity contribution in [2.75, 3.05) is 50.7 Å². The van der Waals surface area contributed by atoms with E-state index in [1.807, 2.05) is 24.3 Å². The molecule has 0 aliphatic carbocycles. The average molecular weight is 440 g/mol. The van der Waals surface area contributed by atoms with Gasteiger partial charge >= 0.3 is 5.97 Å². The van der Waals surface area contributed by atoms with E-state index < -0.39 is 18.0 Å². The van der Waals surface area contributed by atoms with E-state index in [9.17, 15) is 9.59 Å². The van der Waals surface area contributed by atoms with Crippen molar-refractivity contribution in [2.45, 2.75) is 13.0 Å². The van der Waals surface area contributed by atoms with Gasteiger partial charge in [0.05, 0.1) is 27.4 Å². The standard InChI is InChI=1S/C24H28N2O6/c1-17(32-23(27)11-4-18-16-21(29-2)9-10-22(18)30-3)24(28)25-19-5-7-20(8-6-19)26-12-14-31-15-13-26/h4-11,16-17H,12-15H2,1-3H3,(H,25,28)/b11-4+. The first-order chi connectivity index (χ1) is 15.5. The molecule has 1 N–H and O–H groups in total. The van der Waals surface area contributed by atoms with Gasteiger partial charge in [0.25, 0.3) is 5.91 Å². The van der Waals surface area contributed by atoms with Crippen LogP contribution in [0.4, 0.5) is 11.4 Å². The summed E-state index contributed by atoms with van der Waals surface area (Å²) >= 11 is 0. The summed E-state index contributed by atoms with van der Waals surface area (Å²) in [6.45, 7) is 4.62. The van der Waals surface area contributed by atoms with Gasteiger partial charge in [-0.05, 0) is 55.5 Å². The fourth-order valence-corrected chi connectivity index (χ4v) is 3.22. The predicted octanol–water partition coefficient (Wildman–Crippen LogP) is 3.12. The van der Waals surface area contributed by atoms with Crippen LogP contribution >= 0.6 is 0 Å². The van der Waals surface area contributed by atoms with Crippen LogP contribution in [0.25, 0.3) is 6.08 Å². The Morgan fingerprint density at radius 1 is 1.06 bits per heavy atom. The fourth-order valence-electron chi connectivity index (χ4n) is 3.22. The monoisotopic (exact) mass is 440 g/mol. The van der Waals surface area contributed by atoms with Crippen molar-refractivity contribution in [1.82, 2.24) is 0 Å². The second-order valence-electron chi connectivity index (χ2n) is 7.16. The Morgan fingerprint density at radius 2 is 1.78 bits per heavy atom. The first-order valence-electron chi connectivity index (χ1n) is 10.3.